The second kappa shape index (κ2) is 7.30. The smallest absolute Gasteiger partial charge is 0.306 e. The fourth-order valence-electron chi connectivity index (χ4n) is 2.46. The Kier molecular flexibility index (Phi) is 5.63. The number of alkyl halides is 1. The summed E-state index contributed by atoms with van der Waals surface area (Å²) in [5.74, 6) is -1.59. The number of aliphatic hydroxyl groups is 3. The van der Waals surface area contributed by atoms with E-state index in [2.05, 4.69) is 10.3 Å². The first-order chi connectivity index (χ1) is 10.9. The van der Waals surface area contributed by atoms with Gasteiger partial charge in [0.1, 0.15) is 18.3 Å². The summed E-state index contributed by atoms with van der Waals surface area (Å²) < 4.78 is 20.4. The molecule has 1 aromatic heterocycles. The van der Waals surface area contributed by atoms with Crippen LogP contribution >= 0.6 is 0 Å². The molecule has 0 amide bonds. The zero-order valence-electron chi connectivity index (χ0n) is 12.5. The van der Waals surface area contributed by atoms with E-state index >= 15 is 0 Å². The van der Waals surface area contributed by atoms with Crippen molar-refractivity contribution < 1.29 is 34.3 Å². The van der Waals surface area contributed by atoms with Crippen molar-refractivity contribution in [3.63, 3.8) is 0 Å². The quantitative estimate of drug-likeness (QED) is 0.514. The van der Waals surface area contributed by atoms with Gasteiger partial charge in [-0.05, 0) is 6.42 Å². The molecule has 23 heavy (non-hydrogen) atoms. The third-order valence-electron chi connectivity index (χ3n) is 3.94. The van der Waals surface area contributed by atoms with Crippen LogP contribution in [0.15, 0.2) is 6.20 Å². The topological polar surface area (TPSA) is 138 Å². The fourth-order valence-corrected chi connectivity index (χ4v) is 2.46. The van der Waals surface area contributed by atoms with Crippen molar-refractivity contribution in [2.45, 2.75) is 50.5 Å². The summed E-state index contributed by atoms with van der Waals surface area (Å²) in [7, 11) is 0. The van der Waals surface area contributed by atoms with Crippen LogP contribution in [0, 0.1) is 5.92 Å². The van der Waals surface area contributed by atoms with E-state index in [4.69, 9.17) is 14.9 Å². The van der Waals surface area contributed by atoms with Gasteiger partial charge >= 0.3 is 5.97 Å². The molecule has 6 atom stereocenters. The van der Waals surface area contributed by atoms with Crippen molar-refractivity contribution in [2.75, 3.05) is 6.61 Å². The highest BCUT2D eigenvalue weighted by atomic mass is 18.2. The van der Waals surface area contributed by atoms with Crippen molar-refractivity contribution in [3.05, 3.63) is 11.9 Å². The number of aliphatic hydroxyl groups excluding tert-OH is 3. The lowest BCUT2D eigenvalue weighted by Gasteiger charge is -2.38. The number of carbonyl (C=O) groups is 1. The van der Waals surface area contributed by atoms with Crippen molar-refractivity contribution >= 4 is 5.97 Å². The fraction of sp³-hybridized carbons (Fsp3) is 0.769. The number of aromatic nitrogens is 3. The van der Waals surface area contributed by atoms with Crippen LogP contribution in [-0.2, 0) is 16.0 Å². The first-order valence-electron chi connectivity index (χ1n) is 7.29. The number of aliphatic carboxylic acids is 1. The second-order valence-electron chi connectivity index (χ2n) is 5.51. The molecule has 10 heteroatoms. The largest absolute Gasteiger partial charge is 0.481 e. The van der Waals surface area contributed by atoms with Crippen LogP contribution in [0.3, 0.4) is 0 Å². The minimum absolute atomic E-state index is 0.129. The van der Waals surface area contributed by atoms with Gasteiger partial charge in [-0.1, -0.05) is 12.1 Å². The second-order valence-corrected chi connectivity index (χ2v) is 5.51. The van der Waals surface area contributed by atoms with Gasteiger partial charge in [0, 0.05) is 6.42 Å². The minimum Gasteiger partial charge on any atom is -0.481 e. The summed E-state index contributed by atoms with van der Waals surface area (Å²) in [6.45, 7) is 1.13. The molecule has 1 fully saturated rings. The summed E-state index contributed by atoms with van der Waals surface area (Å²) in [5.41, 5.74) is 0.344. The number of carboxylic acid groups (broad SMARTS) is 1. The Morgan fingerprint density at radius 2 is 2.17 bits per heavy atom. The van der Waals surface area contributed by atoms with E-state index < -0.39 is 49.2 Å². The molecular weight excluding hydrogens is 312 g/mol. The molecule has 2 heterocycles. The Morgan fingerprint density at radius 1 is 1.48 bits per heavy atom. The minimum atomic E-state index is -1.97. The van der Waals surface area contributed by atoms with E-state index in [-0.39, 0.29) is 6.42 Å². The van der Waals surface area contributed by atoms with Crippen molar-refractivity contribution in [2.24, 2.45) is 5.92 Å². The maximum absolute atomic E-state index is 14.2. The molecule has 1 aromatic rings. The number of halogens is 1. The van der Waals surface area contributed by atoms with Crippen LogP contribution in [0.25, 0.3) is 0 Å². The molecule has 4 N–H and O–H groups in total. The van der Waals surface area contributed by atoms with E-state index in [1.54, 1.807) is 6.92 Å². The number of hydrogen-bond acceptors (Lipinski definition) is 7. The summed E-state index contributed by atoms with van der Waals surface area (Å²) in [6, 6.07) is 0. The first-order valence-corrected chi connectivity index (χ1v) is 7.29. The standard InChI is InChI=1S/C13H20FN3O6/c1-2-6(13(21)22)3-7-4-17(16-15-7)12-9(14)11(20)10(19)8(5-18)23-12/h4,6,8-12,18-20H,2-3,5H2,1H3,(H,21,22)/t6-,8?,9+,10+,11?,12+/m0/s1/i14-1. The Morgan fingerprint density at radius 3 is 2.74 bits per heavy atom. The van der Waals surface area contributed by atoms with Crippen molar-refractivity contribution in [1.82, 2.24) is 15.0 Å². The molecule has 0 aromatic carbocycles. The maximum atomic E-state index is 14.2. The number of nitrogens with zero attached hydrogens (tertiary/aromatic N) is 3. The lowest BCUT2D eigenvalue weighted by atomic mass is 9.99. The number of ether oxygens (including phenoxy) is 1. The predicted molar refractivity (Wildman–Crippen MR) is 73.0 cm³/mol. The summed E-state index contributed by atoms with van der Waals surface area (Å²) >= 11 is 0. The number of hydrogen-bond donors (Lipinski definition) is 4. The highest BCUT2D eigenvalue weighted by molar-refractivity contribution is 5.70. The number of carboxylic acids is 1. The maximum Gasteiger partial charge on any atom is 0.306 e. The van der Waals surface area contributed by atoms with Gasteiger partial charge in [-0.25, -0.2) is 9.07 Å². The van der Waals surface area contributed by atoms with Gasteiger partial charge in [0.05, 0.1) is 24.4 Å². The number of rotatable bonds is 6. The Labute approximate surface area is 131 Å². The zero-order chi connectivity index (χ0) is 17.1. The van der Waals surface area contributed by atoms with Crippen molar-refractivity contribution in [3.8, 4) is 0 Å². The lowest BCUT2D eigenvalue weighted by molar-refractivity contribution is -0.237. The normalized spacial score (nSPS) is 32.7. The highest BCUT2D eigenvalue weighted by Crippen LogP contribution is 2.30. The van der Waals surface area contributed by atoms with E-state index in [0.717, 1.165) is 4.68 Å². The zero-order valence-corrected chi connectivity index (χ0v) is 12.5. The third-order valence-corrected chi connectivity index (χ3v) is 3.94. The van der Waals surface area contributed by atoms with Gasteiger partial charge in [0.15, 0.2) is 12.4 Å². The van der Waals surface area contributed by atoms with Crippen LogP contribution < -0.4 is 0 Å². The molecule has 0 aliphatic carbocycles. The van der Waals surface area contributed by atoms with Crippen LogP contribution in [0.1, 0.15) is 25.3 Å². The van der Waals surface area contributed by atoms with E-state index in [1.165, 1.54) is 6.20 Å². The van der Waals surface area contributed by atoms with Gasteiger partial charge in [0.2, 0.25) is 0 Å². The highest BCUT2D eigenvalue weighted by Gasteiger charge is 2.46. The molecule has 130 valence electrons. The van der Waals surface area contributed by atoms with Gasteiger partial charge in [0.25, 0.3) is 0 Å². The Hall–Kier alpha value is -1.62. The van der Waals surface area contributed by atoms with E-state index in [1.807, 2.05) is 0 Å². The molecule has 0 saturated carbocycles. The molecule has 1 aliphatic heterocycles. The van der Waals surface area contributed by atoms with E-state index in [0.29, 0.717) is 12.1 Å². The Bertz CT molecular complexity index is 540. The monoisotopic (exact) mass is 332 g/mol. The molecule has 0 radical (unpaired) electrons. The van der Waals surface area contributed by atoms with Gasteiger partial charge < -0.3 is 25.2 Å². The van der Waals surface area contributed by atoms with Crippen molar-refractivity contribution in [1.29, 1.82) is 0 Å². The Balaban J connectivity index is 2.14. The molecule has 9 nitrogen and oxygen atoms in total. The lowest BCUT2D eigenvalue weighted by Crippen LogP contribution is -2.55. The third kappa shape index (κ3) is 3.66. The van der Waals surface area contributed by atoms with Crippen LogP contribution in [0.4, 0.5) is 4.39 Å². The molecular formula is C13H20FN3O6. The molecule has 0 bridgehead atoms. The van der Waals surface area contributed by atoms with Gasteiger partial charge in [-0.3, -0.25) is 4.79 Å². The molecule has 1 aliphatic rings. The molecule has 2 rings (SSSR count). The predicted octanol–water partition coefficient (Wildman–Crippen LogP) is -1.12. The van der Waals surface area contributed by atoms with Gasteiger partial charge in [-0.2, -0.15) is 0 Å². The SMILES string of the molecule is CC[C@@H](Cc1cn([C@@H]2OC(CO)[C@@H](O)C(O)[C@H]2[18F])nn1)C(=O)O. The summed E-state index contributed by atoms with van der Waals surface area (Å²) in [6.07, 6.45) is -5.90. The first kappa shape index (κ1) is 17.7. The van der Waals surface area contributed by atoms with Crippen LogP contribution in [-0.4, -0.2) is 72.5 Å². The van der Waals surface area contributed by atoms with E-state index in [9.17, 15) is 19.4 Å². The molecule has 2 unspecified atom stereocenters. The average Bonchev–Trinajstić information content (AvgIpc) is 2.98. The van der Waals surface area contributed by atoms with Gasteiger partial charge in [-0.15, -0.1) is 5.10 Å². The average molecular weight is 332 g/mol. The molecule has 0 spiro atoms. The molecule has 1 saturated heterocycles. The summed E-state index contributed by atoms with van der Waals surface area (Å²) in [4.78, 5) is 11.0. The van der Waals surface area contributed by atoms with Crippen LogP contribution in [0.2, 0.25) is 0 Å². The summed E-state index contributed by atoms with van der Waals surface area (Å²) in [5, 5.41) is 44.9. The van der Waals surface area contributed by atoms with Crippen LogP contribution in [0.5, 0.6) is 0 Å².